The van der Waals surface area contributed by atoms with Crippen LogP contribution in [0.5, 0.6) is 0 Å². The number of hydrogen-bond acceptors (Lipinski definition) is 1. The molecule has 9 heavy (non-hydrogen) atoms. The monoisotopic (exact) mass is 141 g/mol. The molecule has 0 aromatic carbocycles. The molecule has 0 fully saturated rings. The Hall–Kier alpha value is -0.675. The van der Waals surface area contributed by atoms with Crippen molar-refractivity contribution >= 4 is 14.0 Å². The first-order chi connectivity index (χ1) is 4.00. The van der Waals surface area contributed by atoms with E-state index in [1.54, 1.807) is 14.1 Å². The zero-order valence-corrected chi connectivity index (χ0v) is 5.14. The van der Waals surface area contributed by atoms with Crippen LogP contribution in [0.4, 0.5) is 12.9 Å². The van der Waals surface area contributed by atoms with Crippen LogP contribution in [0.15, 0.2) is 0 Å². The number of amides is 1. The lowest BCUT2D eigenvalue weighted by molar-refractivity contribution is -0.115. The summed E-state index contributed by atoms with van der Waals surface area (Å²) in [6.07, 6.45) is 0.750. The molecule has 0 heterocycles. The van der Waals surface area contributed by atoms with E-state index in [0.717, 1.165) is 6.41 Å². The van der Waals surface area contributed by atoms with Gasteiger partial charge in [0.2, 0.25) is 6.41 Å². The Morgan fingerprint density at radius 2 is 1.44 bits per heavy atom. The molecule has 6 heteroatoms. The van der Waals surface area contributed by atoms with Crippen molar-refractivity contribution in [1.82, 2.24) is 4.90 Å². The second-order valence-electron chi connectivity index (χ2n) is 1.32. The molecule has 0 aliphatic heterocycles. The molecule has 0 aromatic heterocycles. The number of carbonyl (C=O) groups is 1. The summed E-state index contributed by atoms with van der Waals surface area (Å²) < 4.78 is 29.0. The standard InChI is InChI=1S/C3H7NO.BF3/c1-4(2)3-5;2-1(3)4/h3H,1-2H3;. The first-order valence-corrected chi connectivity index (χ1v) is 2.04. The second kappa shape index (κ2) is 7.32. The van der Waals surface area contributed by atoms with E-state index in [0.29, 0.717) is 0 Å². The summed E-state index contributed by atoms with van der Waals surface area (Å²) in [5, 5.41) is 0. The summed E-state index contributed by atoms with van der Waals surface area (Å²) in [6, 6.07) is 0. The van der Waals surface area contributed by atoms with Crippen LogP contribution in [0.3, 0.4) is 0 Å². The molecule has 0 radical (unpaired) electrons. The Morgan fingerprint density at radius 1 is 1.33 bits per heavy atom. The molecule has 0 spiro atoms. The maximum absolute atomic E-state index is 9.67. The summed E-state index contributed by atoms with van der Waals surface area (Å²) in [5.74, 6) is 0. The van der Waals surface area contributed by atoms with Gasteiger partial charge in [0.25, 0.3) is 0 Å². The smallest absolute Gasteiger partial charge is 0.351 e. The van der Waals surface area contributed by atoms with Gasteiger partial charge in [0, 0.05) is 14.1 Å². The van der Waals surface area contributed by atoms with Gasteiger partial charge < -0.3 is 4.90 Å². The van der Waals surface area contributed by atoms with Crippen molar-refractivity contribution in [1.29, 1.82) is 0 Å². The number of hydrogen-bond donors (Lipinski definition) is 0. The third-order valence-corrected chi connectivity index (χ3v) is 0.211. The predicted molar refractivity (Wildman–Crippen MR) is 28.8 cm³/mol. The molecule has 0 atom stereocenters. The molecule has 0 unspecified atom stereocenters. The molecular weight excluding hydrogens is 134 g/mol. The van der Waals surface area contributed by atoms with Crippen molar-refractivity contribution in [2.24, 2.45) is 0 Å². The average Bonchev–Trinajstić information content (AvgIpc) is 1.65. The van der Waals surface area contributed by atoms with E-state index in [1.807, 2.05) is 0 Å². The minimum Gasteiger partial charge on any atom is -0.351 e. The molecular formula is C3H7BF3NO. The van der Waals surface area contributed by atoms with E-state index in [9.17, 15) is 17.7 Å². The van der Waals surface area contributed by atoms with Crippen molar-refractivity contribution in [2.75, 3.05) is 14.1 Å². The lowest BCUT2D eigenvalue weighted by Gasteiger charge is -1.93. The quantitative estimate of drug-likeness (QED) is 0.386. The Morgan fingerprint density at radius 3 is 1.44 bits per heavy atom. The Labute approximate surface area is 51.9 Å². The molecule has 2 nitrogen and oxygen atoms in total. The minimum absolute atomic E-state index is 0.750. The Bertz CT molecular complexity index is 67.3. The largest absolute Gasteiger partial charge is 0.762 e. The molecule has 0 aliphatic rings. The van der Waals surface area contributed by atoms with Gasteiger partial charge in [0.15, 0.2) is 0 Å². The highest BCUT2D eigenvalue weighted by Gasteiger charge is 2.06. The third-order valence-electron chi connectivity index (χ3n) is 0.211. The summed E-state index contributed by atoms with van der Waals surface area (Å²) >= 11 is 0. The Balaban J connectivity index is 0. The number of rotatable bonds is 1. The van der Waals surface area contributed by atoms with Crippen LogP contribution in [0.25, 0.3) is 0 Å². The summed E-state index contributed by atoms with van der Waals surface area (Å²) in [4.78, 5) is 10.9. The fraction of sp³-hybridized carbons (Fsp3) is 0.667. The fourth-order valence-electron chi connectivity index (χ4n) is 0. The van der Waals surface area contributed by atoms with Gasteiger partial charge in [-0.15, -0.1) is 0 Å². The highest BCUT2D eigenvalue weighted by atomic mass is 19.4. The van der Waals surface area contributed by atoms with Crippen LogP contribution in [-0.2, 0) is 4.79 Å². The number of nitrogens with zero attached hydrogens (tertiary/aromatic N) is 1. The molecule has 1 amide bonds. The molecule has 0 aliphatic carbocycles. The average molecular weight is 141 g/mol. The van der Waals surface area contributed by atoms with Crippen LogP contribution < -0.4 is 0 Å². The zero-order valence-electron chi connectivity index (χ0n) is 5.14. The molecule has 0 rings (SSSR count). The van der Waals surface area contributed by atoms with Crippen molar-refractivity contribution in [3.05, 3.63) is 0 Å². The first-order valence-electron chi connectivity index (χ1n) is 2.04. The van der Waals surface area contributed by atoms with Crippen LogP contribution in [0, 0.1) is 0 Å². The lowest BCUT2D eigenvalue weighted by Crippen LogP contribution is -2.06. The van der Waals surface area contributed by atoms with E-state index in [2.05, 4.69) is 0 Å². The fourth-order valence-corrected chi connectivity index (χ4v) is 0. The van der Waals surface area contributed by atoms with Crippen molar-refractivity contribution < 1.29 is 17.7 Å². The topological polar surface area (TPSA) is 20.3 Å². The van der Waals surface area contributed by atoms with E-state index in [-0.39, 0.29) is 0 Å². The van der Waals surface area contributed by atoms with Crippen LogP contribution in [0.1, 0.15) is 0 Å². The summed E-state index contributed by atoms with van der Waals surface area (Å²) in [5.41, 5.74) is 0. The number of halogens is 3. The van der Waals surface area contributed by atoms with Gasteiger partial charge in [-0.3, -0.25) is 17.7 Å². The van der Waals surface area contributed by atoms with Gasteiger partial charge in [-0.25, -0.2) is 0 Å². The molecule has 0 saturated heterocycles. The normalized spacial score (nSPS) is 6.78. The lowest BCUT2D eigenvalue weighted by atomic mass is 10.5. The molecule has 0 saturated carbocycles. The van der Waals surface area contributed by atoms with Crippen LogP contribution in [-0.4, -0.2) is 32.9 Å². The van der Waals surface area contributed by atoms with Crippen LogP contribution in [0.2, 0.25) is 0 Å². The molecule has 0 aromatic rings. The highest BCUT2D eigenvalue weighted by Crippen LogP contribution is 1.80. The van der Waals surface area contributed by atoms with E-state index in [4.69, 9.17) is 0 Å². The van der Waals surface area contributed by atoms with Crippen molar-refractivity contribution in [3.63, 3.8) is 0 Å². The van der Waals surface area contributed by atoms with Gasteiger partial charge in [0.1, 0.15) is 0 Å². The van der Waals surface area contributed by atoms with E-state index in [1.165, 1.54) is 4.90 Å². The van der Waals surface area contributed by atoms with Gasteiger partial charge >= 0.3 is 7.54 Å². The summed E-state index contributed by atoms with van der Waals surface area (Å²) in [7, 11) is -0.292. The SMILES string of the molecule is CN(C)C=O.FB(F)F. The molecule has 0 bridgehead atoms. The first kappa shape index (κ1) is 11.2. The van der Waals surface area contributed by atoms with Gasteiger partial charge in [-0.1, -0.05) is 0 Å². The predicted octanol–water partition coefficient (Wildman–Crippen LogP) is 0.584. The van der Waals surface area contributed by atoms with Crippen LogP contribution >= 0.6 is 0 Å². The molecule has 54 valence electrons. The van der Waals surface area contributed by atoms with Crippen molar-refractivity contribution in [2.45, 2.75) is 0 Å². The summed E-state index contributed by atoms with van der Waals surface area (Å²) in [6.45, 7) is 0. The highest BCUT2D eigenvalue weighted by molar-refractivity contribution is 6.33. The maximum Gasteiger partial charge on any atom is 0.762 e. The third kappa shape index (κ3) is 118. The molecule has 0 N–H and O–H groups in total. The number of carbonyl (C=O) groups excluding carboxylic acids is 1. The zero-order chi connectivity index (χ0) is 7.86. The maximum atomic E-state index is 9.67. The second-order valence-corrected chi connectivity index (χ2v) is 1.32. The van der Waals surface area contributed by atoms with Crippen molar-refractivity contribution in [3.8, 4) is 0 Å². The van der Waals surface area contributed by atoms with Gasteiger partial charge in [-0.2, -0.15) is 0 Å². The van der Waals surface area contributed by atoms with Gasteiger partial charge in [-0.05, 0) is 0 Å². The van der Waals surface area contributed by atoms with E-state index >= 15 is 0 Å². The Kier molecular flexibility index (Phi) is 9.09. The van der Waals surface area contributed by atoms with E-state index < -0.39 is 7.54 Å². The van der Waals surface area contributed by atoms with Gasteiger partial charge in [0.05, 0.1) is 0 Å². The minimum atomic E-state index is -3.67.